The Labute approximate surface area is 110 Å². The Hall–Kier alpha value is -0.700. The molecule has 1 aliphatic heterocycles. The van der Waals surface area contributed by atoms with Gasteiger partial charge in [-0.3, -0.25) is 4.79 Å². The zero-order valence-electron chi connectivity index (χ0n) is 10.4. The molecule has 1 heterocycles. The number of thioether (sulfide) groups is 1. The standard InChI is InChI=1S/C13H21NOS.CH4/c1-11(15)6-7-13(12(2)16-3)10-14-8-4-5-9-14;/h6-7,10,12H,4-5,8-9H2,1-3H3;1H4/b7-6-,13-10-;. The van der Waals surface area contributed by atoms with E-state index in [1.165, 1.54) is 18.4 Å². The molecule has 3 heteroatoms. The Morgan fingerprint density at radius 1 is 1.29 bits per heavy atom. The Morgan fingerprint density at radius 3 is 2.35 bits per heavy atom. The van der Waals surface area contributed by atoms with Gasteiger partial charge in [0, 0.05) is 24.5 Å². The highest BCUT2D eigenvalue weighted by molar-refractivity contribution is 7.99. The molecule has 0 bridgehead atoms. The van der Waals surface area contributed by atoms with Crippen LogP contribution in [-0.4, -0.2) is 35.3 Å². The first-order chi connectivity index (χ1) is 7.63. The van der Waals surface area contributed by atoms with Gasteiger partial charge in [-0.05, 0) is 44.6 Å². The number of ketones is 1. The summed E-state index contributed by atoms with van der Waals surface area (Å²) in [6, 6.07) is 0. The largest absolute Gasteiger partial charge is 0.377 e. The Balaban J connectivity index is 0.00000256. The molecule has 98 valence electrons. The molecule has 17 heavy (non-hydrogen) atoms. The lowest BCUT2D eigenvalue weighted by Gasteiger charge is -2.16. The van der Waals surface area contributed by atoms with E-state index in [4.69, 9.17) is 0 Å². The average molecular weight is 255 g/mol. The van der Waals surface area contributed by atoms with Gasteiger partial charge >= 0.3 is 0 Å². The minimum absolute atomic E-state index is 0. The third-order valence-corrected chi connectivity index (χ3v) is 3.79. The number of carbonyl (C=O) groups excluding carboxylic acids is 1. The van der Waals surface area contributed by atoms with Crippen LogP contribution in [0.3, 0.4) is 0 Å². The normalized spacial score (nSPS) is 18.3. The van der Waals surface area contributed by atoms with Crippen LogP contribution in [0.4, 0.5) is 0 Å². The van der Waals surface area contributed by atoms with Crippen LogP contribution in [0.2, 0.25) is 0 Å². The molecule has 0 saturated carbocycles. The fourth-order valence-electron chi connectivity index (χ4n) is 1.71. The zero-order valence-corrected chi connectivity index (χ0v) is 11.2. The van der Waals surface area contributed by atoms with Crippen molar-refractivity contribution in [1.29, 1.82) is 0 Å². The van der Waals surface area contributed by atoms with Crippen LogP contribution in [0.5, 0.6) is 0 Å². The number of rotatable bonds is 5. The van der Waals surface area contributed by atoms with Crippen molar-refractivity contribution in [3.8, 4) is 0 Å². The van der Waals surface area contributed by atoms with E-state index in [0.717, 1.165) is 13.1 Å². The van der Waals surface area contributed by atoms with Crippen molar-refractivity contribution in [2.45, 2.75) is 39.4 Å². The number of allylic oxidation sites excluding steroid dienone is 2. The van der Waals surface area contributed by atoms with Crippen molar-refractivity contribution >= 4 is 17.5 Å². The fraction of sp³-hybridized carbons (Fsp3) is 0.643. The smallest absolute Gasteiger partial charge is 0.152 e. The number of nitrogens with zero attached hydrogens (tertiary/aromatic N) is 1. The molecule has 0 amide bonds. The van der Waals surface area contributed by atoms with Crippen LogP contribution in [0.15, 0.2) is 23.9 Å². The van der Waals surface area contributed by atoms with Gasteiger partial charge in [0.1, 0.15) is 0 Å². The summed E-state index contributed by atoms with van der Waals surface area (Å²) < 4.78 is 0. The predicted octanol–water partition coefficient (Wildman–Crippen LogP) is 3.50. The molecule has 0 N–H and O–H groups in total. The van der Waals surface area contributed by atoms with Crippen molar-refractivity contribution in [2.24, 2.45) is 0 Å². The summed E-state index contributed by atoms with van der Waals surface area (Å²) in [4.78, 5) is 13.3. The number of hydrogen-bond acceptors (Lipinski definition) is 3. The monoisotopic (exact) mass is 255 g/mol. The SMILES string of the molecule is C.CSC(C)C(/C=C\C(C)=O)=C\N1CCCC1. The molecular formula is C14H25NOS. The van der Waals surface area contributed by atoms with Crippen LogP contribution >= 0.6 is 11.8 Å². The van der Waals surface area contributed by atoms with Gasteiger partial charge in [-0.1, -0.05) is 13.5 Å². The van der Waals surface area contributed by atoms with Gasteiger partial charge in [-0.2, -0.15) is 11.8 Å². The maximum atomic E-state index is 11.0. The number of carbonyl (C=O) groups is 1. The van der Waals surface area contributed by atoms with Crippen LogP contribution in [0.1, 0.15) is 34.1 Å². The highest BCUT2D eigenvalue weighted by Gasteiger charge is 2.11. The van der Waals surface area contributed by atoms with Crippen molar-refractivity contribution in [1.82, 2.24) is 4.90 Å². The second-order valence-corrected chi connectivity index (χ2v) is 5.37. The molecule has 1 atom stereocenters. The van der Waals surface area contributed by atoms with Crippen molar-refractivity contribution < 1.29 is 4.79 Å². The molecule has 1 rings (SSSR count). The summed E-state index contributed by atoms with van der Waals surface area (Å²) in [6.07, 6.45) is 10.5. The first kappa shape index (κ1) is 16.3. The molecule has 1 unspecified atom stereocenters. The van der Waals surface area contributed by atoms with Crippen LogP contribution in [0.25, 0.3) is 0 Å². The predicted molar refractivity (Wildman–Crippen MR) is 78.4 cm³/mol. The summed E-state index contributed by atoms with van der Waals surface area (Å²) in [5.41, 5.74) is 1.24. The minimum Gasteiger partial charge on any atom is -0.377 e. The van der Waals surface area contributed by atoms with Crippen molar-refractivity contribution in [3.63, 3.8) is 0 Å². The molecule has 2 nitrogen and oxygen atoms in total. The highest BCUT2D eigenvalue weighted by atomic mass is 32.2. The van der Waals surface area contributed by atoms with Crippen LogP contribution < -0.4 is 0 Å². The number of likely N-dealkylation sites (tertiary alicyclic amines) is 1. The molecule has 0 aromatic carbocycles. The topological polar surface area (TPSA) is 20.3 Å². The molecule has 1 aliphatic rings. The molecule has 1 saturated heterocycles. The first-order valence-corrected chi connectivity index (χ1v) is 7.09. The summed E-state index contributed by atoms with van der Waals surface area (Å²) in [5, 5.41) is 0.441. The summed E-state index contributed by atoms with van der Waals surface area (Å²) >= 11 is 1.81. The molecule has 0 radical (unpaired) electrons. The van der Waals surface area contributed by atoms with Gasteiger partial charge in [0.2, 0.25) is 0 Å². The molecule has 0 aromatic rings. The van der Waals surface area contributed by atoms with E-state index in [2.05, 4.69) is 24.3 Å². The first-order valence-electron chi connectivity index (χ1n) is 5.80. The van der Waals surface area contributed by atoms with Gasteiger partial charge in [0.05, 0.1) is 0 Å². The molecular weight excluding hydrogens is 230 g/mol. The fourth-order valence-corrected chi connectivity index (χ4v) is 2.13. The maximum absolute atomic E-state index is 11.0. The third kappa shape index (κ3) is 5.97. The quantitative estimate of drug-likeness (QED) is 0.554. The number of hydrogen-bond donors (Lipinski definition) is 0. The second kappa shape index (κ2) is 8.40. The Bertz CT molecular complexity index is 291. The van der Waals surface area contributed by atoms with Gasteiger partial charge in [0.15, 0.2) is 5.78 Å². The average Bonchev–Trinajstić information content (AvgIpc) is 2.75. The van der Waals surface area contributed by atoms with Crippen molar-refractivity contribution in [3.05, 3.63) is 23.9 Å². The minimum atomic E-state index is 0. The lowest BCUT2D eigenvalue weighted by Crippen LogP contribution is -2.14. The lowest BCUT2D eigenvalue weighted by atomic mass is 10.2. The third-order valence-electron chi connectivity index (χ3n) is 2.81. The van der Waals surface area contributed by atoms with E-state index in [-0.39, 0.29) is 13.2 Å². The van der Waals surface area contributed by atoms with Gasteiger partial charge in [0.25, 0.3) is 0 Å². The second-order valence-electron chi connectivity index (χ2n) is 4.19. The lowest BCUT2D eigenvalue weighted by molar-refractivity contribution is -0.112. The van der Waals surface area contributed by atoms with E-state index in [0.29, 0.717) is 5.25 Å². The summed E-state index contributed by atoms with van der Waals surface area (Å²) in [5.74, 6) is 0.112. The molecule has 1 fully saturated rings. The van der Waals surface area contributed by atoms with Crippen LogP contribution in [0, 0.1) is 0 Å². The van der Waals surface area contributed by atoms with Gasteiger partial charge < -0.3 is 4.90 Å². The molecule has 0 spiro atoms. The Kier molecular flexibility index (Phi) is 8.05. The van der Waals surface area contributed by atoms with Gasteiger partial charge in [-0.25, -0.2) is 0 Å². The summed E-state index contributed by atoms with van der Waals surface area (Å²) in [6.45, 7) is 6.07. The van der Waals surface area contributed by atoms with E-state index in [9.17, 15) is 4.79 Å². The highest BCUT2D eigenvalue weighted by Crippen LogP contribution is 2.19. The molecule has 0 aromatic heterocycles. The van der Waals surface area contributed by atoms with E-state index in [1.807, 2.05) is 17.8 Å². The molecule has 0 aliphatic carbocycles. The Morgan fingerprint density at radius 2 is 1.88 bits per heavy atom. The zero-order chi connectivity index (χ0) is 12.0. The van der Waals surface area contributed by atoms with E-state index >= 15 is 0 Å². The van der Waals surface area contributed by atoms with Crippen LogP contribution in [-0.2, 0) is 4.79 Å². The summed E-state index contributed by atoms with van der Waals surface area (Å²) in [7, 11) is 0. The van der Waals surface area contributed by atoms with E-state index in [1.54, 1.807) is 13.0 Å². The van der Waals surface area contributed by atoms with Crippen molar-refractivity contribution in [2.75, 3.05) is 19.3 Å². The maximum Gasteiger partial charge on any atom is 0.152 e. The van der Waals surface area contributed by atoms with Gasteiger partial charge in [-0.15, -0.1) is 0 Å². The van der Waals surface area contributed by atoms with E-state index < -0.39 is 0 Å².